The molecule has 1 fully saturated rings. The van der Waals surface area contributed by atoms with Gasteiger partial charge in [-0.1, -0.05) is 30.7 Å². The van der Waals surface area contributed by atoms with E-state index in [0.717, 1.165) is 36.4 Å². The van der Waals surface area contributed by atoms with Gasteiger partial charge >= 0.3 is 0 Å². The first-order chi connectivity index (χ1) is 13.2. The molecule has 1 aliphatic carbocycles. The van der Waals surface area contributed by atoms with Gasteiger partial charge in [0.05, 0.1) is 0 Å². The maximum Gasteiger partial charge on any atom is 0.223 e. The Morgan fingerprint density at radius 1 is 1.11 bits per heavy atom. The molecule has 0 bridgehead atoms. The minimum absolute atomic E-state index is 0.173. The molecule has 1 aliphatic rings. The molecule has 0 radical (unpaired) electrons. The fraction of sp³-hybridized carbons (Fsp3) is 0.333. The molecule has 0 heterocycles. The highest BCUT2D eigenvalue weighted by Crippen LogP contribution is 2.26. The Labute approximate surface area is 159 Å². The van der Waals surface area contributed by atoms with E-state index in [0.29, 0.717) is 19.0 Å². The van der Waals surface area contributed by atoms with Crippen molar-refractivity contribution in [3.05, 3.63) is 54.6 Å². The van der Waals surface area contributed by atoms with Crippen LogP contribution in [0.5, 0.6) is 11.5 Å². The normalized spacial score (nSPS) is 14.3. The summed E-state index contributed by atoms with van der Waals surface area (Å²) in [6.07, 6.45) is 3.97. The number of nitrogens with one attached hydrogen (secondary N) is 2. The monoisotopic (exact) mass is 366 g/mol. The van der Waals surface area contributed by atoms with E-state index in [4.69, 9.17) is 10.5 Å². The molecule has 142 valence electrons. The van der Waals surface area contributed by atoms with Gasteiger partial charge in [0.2, 0.25) is 5.91 Å². The van der Waals surface area contributed by atoms with Crippen molar-refractivity contribution in [3.8, 4) is 11.5 Å². The largest absolute Gasteiger partial charge is 0.457 e. The number of hydrogen-bond acceptors (Lipinski definition) is 3. The fourth-order valence-corrected chi connectivity index (χ4v) is 2.75. The zero-order chi connectivity index (χ0) is 18.9. The number of carbonyl (C=O) groups is 1. The molecule has 0 spiro atoms. The van der Waals surface area contributed by atoms with Crippen LogP contribution >= 0.6 is 0 Å². The van der Waals surface area contributed by atoms with Gasteiger partial charge < -0.3 is 21.1 Å². The van der Waals surface area contributed by atoms with Crippen molar-refractivity contribution in [2.75, 3.05) is 18.4 Å². The fourth-order valence-electron chi connectivity index (χ4n) is 2.75. The van der Waals surface area contributed by atoms with E-state index in [2.05, 4.69) is 15.6 Å². The van der Waals surface area contributed by atoms with Crippen LogP contribution in [-0.4, -0.2) is 25.0 Å². The molecule has 0 unspecified atom stereocenters. The first kappa shape index (κ1) is 18.8. The van der Waals surface area contributed by atoms with Crippen molar-refractivity contribution in [2.24, 2.45) is 16.6 Å². The molecule has 0 aromatic heterocycles. The molecule has 0 aliphatic heterocycles. The maximum atomic E-state index is 11.7. The van der Waals surface area contributed by atoms with Crippen LogP contribution in [0.3, 0.4) is 0 Å². The van der Waals surface area contributed by atoms with Crippen LogP contribution < -0.4 is 21.1 Å². The molecule has 1 saturated carbocycles. The summed E-state index contributed by atoms with van der Waals surface area (Å²) >= 11 is 0. The lowest BCUT2D eigenvalue weighted by Crippen LogP contribution is -2.35. The average Bonchev–Trinajstić information content (AvgIpc) is 2.61. The van der Waals surface area contributed by atoms with Crippen molar-refractivity contribution < 1.29 is 9.53 Å². The lowest BCUT2D eigenvalue weighted by atomic mass is 9.85. The van der Waals surface area contributed by atoms with Gasteiger partial charge in [0.1, 0.15) is 11.5 Å². The van der Waals surface area contributed by atoms with Crippen LogP contribution in [0.2, 0.25) is 0 Å². The highest BCUT2D eigenvalue weighted by atomic mass is 16.5. The van der Waals surface area contributed by atoms with Crippen molar-refractivity contribution in [1.82, 2.24) is 5.32 Å². The first-order valence-electron chi connectivity index (χ1n) is 9.38. The molecule has 4 N–H and O–H groups in total. The van der Waals surface area contributed by atoms with E-state index >= 15 is 0 Å². The maximum absolute atomic E-state index is 11.7. The van der Waals surface area contributed by atoms with Crippen molar-refractivity contribution in [3.63, 3.8) is 0 Å². The third kappa shape index (κ3) is 6.02. The summed E-state index contributed by atoms with van der Waals surface area (Å²) in [4.78, 5) is 16.0. The number of carbonyl (C=O) groups excluding carboxylic acids is 1. The van der Waals surface area contributed by atoms with Gasteiger partial charge in [0.15, 0.2) is 5.96 Å². The Morgan fingerprint density at radius 3 is 2.63 bits per heavy atom. The number of rotatable bonds is 8. The van der Waals surface area contributed by atoms with Crippen LogP contribution in [0, 0.1) is 5.92 Å². The van der Waals surface area contributed by atoms with Gasteiger partial charge in [-0.3, -0.25) is 9.79 Å². The predicted octanol–water partition coefficient (Wildman–Crippen LogP) is 3.51. The van der Waals surface area contributed by atoms with Gasteiger partial charge in [-0.15, -0.1) is 0 Å². The summed E-state index contributed by atoms with van der Waals surface area (Å²) in [6, 6.07) is 17.2. The van der Waals surface area contributed by atoms with Crippen LogP contribution in [0.15, 0.2) is 59.6 Å². The van der Waals surface area contributed by atoms with Crippen LogP contribution in [0.25, 0.3) is 0 Å². The number of hydrogen-bond donors (Lipinski definition) is 3. The summed E-state index contributed by atoms with van der Waals surface area (Å²) in [5.41, 5.74) is 6.75. The molecule has 1 amide bonds. The molecule has 0 atom stereocenters. The molecule has 27 heavy (non-hydrogen) atoms. The van der Waals surface area contributed by atoms with Crippen LogP contribution in [0.4, 0.5) is 5.69 Å². The second-order valence-corrected chi connectivity index (χ2v) is 6.61. The molecule has 6 heteroatoms. The van der Waals surface area contributed by atoms with Crippen molar-refractivity contribution in [1.29, 1.82) is 0 Å². The third-order valence-corrected chi connectivity index (χ3v) is 4.48. The minimum atomic E-state index is 0.173. The zero-order valence-electron chi connectivity index (χ0n) is 15.4. The Kier molecular flexibility index (Phi) is 6.68. The van der Waals surface area contributed by atoms with E-state index in [1.165, 1.54) is 6.42 Å². The van der Waals surface area contributed by atoms with Gasteiger partial charge in [-0.25, -0.2) is 0 Å². The second-order valence-electron chi connectivity index (χ2n) is 6.61. The highest BCUT2D eigenvalue weighted by molar-refractivity contribution is 5.92. The number of amides is 1. The van der Waals surface area contributed by atoms with E-state index in [-0.39, 0.29) is 11.8 Å². The predicted molar refractivity (Wildman–Crippen MR) is 108 cm³/mol. The quantitative estimate of drug-likeness (QED) is 0.379. The Morgan fingerprint density at radius 2 is 1.89 bits per heavy atom. The van der Waals surface area contributed by atoms with Crippen molar-refractivity contribution in [2.45, 2.75) is 25.7 Å². The number of aliphatic imine (C=N–C) groups is 1. The smallest absolute Gasteiger partial charge is 0.223 e. The number of para-hydroxylation sites is 1. The summed E-state index contributed by atoms with van der Waals surface area (Å²) in [6.45, 7) is 1.19. The van der Waals surface area contributed by atoms with E-state index in [1.54, 1.807) is 0 Å². The topological polar surface area (TPSA) is 88.7 Å². The summed E-state index contributed by atoms with van der Waals surface area (Å²) < 4.78 is 5.81. The molecular weight excluding hydrogens is 340 g/mol. The standard InChI is InChI=1S/C21H26N4O2/c22-21(24-14-6-13-23-20(26)16-7-4-8-16)25-17-9-5-12-19(15-17)27-18-10-2-1-3-11-18/h1-3,5,9-12,15-16H,4,6-8,13-14H2,(H,23,26)(H3,22,24,25). The van der Waals surface area contributed by atoms with Gasteiger partial charge in [-0.05, 0) is 43.5 Å². The Bertz CT molecular complexity index is 773. The van der Waals surface area contributed by atoms with E-state index in [1.807, 2.05) is 54.6 Å². The number of ether oxygens (including phenoxy) is 1. The van der Waals surface area contributed by atoms with Crippen molar-refractivity contribution >= 4 is 17.6 Å². The van der Waals surface area contributed by atoms with E-state index < -0.39 is 0 Å². The van der Waals surface area contributed by atoms with Gasteiger partial charge in [0, 0.05) is 30.8 Å². The summed E-state index contributed by atoms with van der Waals surface area (Å²) in [7, 11) is 0. The average molecular weight is 366 g/mol. The Balaban J connectivity index is 1.41. The van der Waals surface area contributed by atoms with Crippen LogP contribution in [0.1, 0.15) is 25.7 Å². The van der Waals surface area contributed by atoms with Gasteiger partial charge in [0.25, 0.3) is 0 Å². The first-order valence-corrected chi connectivity index (χ1v) is 9.38. The van der Waals surface area contributed by atoms with Crippen LogP contribution in [-0.2, 0) is 4.79 Å². The molecule has 3 rings (SSSR count). The third-order valence-electron chi connectivity index (χ3n) is 4.48. The molecule has 0 saturated heterocycles. The lowest BCUT2D eigenvalue weighted by Gasteiger charge is -2.23. The molecular formula is C21H26N4O2. The zero-order valence-corrected chi connectivity index (χ0v) is 15.4. The van der Waals surface area contributed by atoms with Gasteiger partial charge in [-0.2, -0.15) is 0 Å². The number of anilines is 1. The summed E-state index contributed by atoms with van der Waals surface area (Å²) in [5, 5.41) is 6.02. The Hall–Kier alpha value is -3.02. The number of nitrogens with zero attached hydrogens (tertiary/aromatic N) is 1. The number of benzene rings is 2. The minimum Gasteiger partial charge on any atom is -0.457 e. The molecule has 6 nitrogen and oxygen atoms in total. The second kappa shape index (κ2) is 9.62. The number of nitrogens with two attached hydrogens (primary N) is 1. The SMILES string of the molecule is NC(=NCCCNC(=O)C1CCC1)Nc1cccc(Oc2ccccc2)c1. The van der Waals surface area contributed by atoms with E-state index in [9.17, 15) is 4.79 Å². The molecule has 2 aromatic rings. The summed E-state index contributed by atoms with van der Waals surface area (Å²) in [5.74, 6) is 2.24. The highest BCUT2D eigenvalue weighted by Gasteiger charge is 2.24. The number of guanidine groups is 1. The molecule has 2 aromatic carbocycles. The lowest BCUT2D eigenvalue weighted by molar-refractivity contribution is -0.127.